The van der Waals surface area contributed by atoms with Gasteiger partial charge in [0.05, 0.1) is 12.5 Å². The zero-order chi connectivity index (χ0) is 12.8. The van der Waals surface area contributed by atoms with Gasteiger partial charge in [0, 0.05) is 10.9 Å². The van der Waals surface area contributed by atoms with Crippen molar-refractivity contribution in [3.8, 4) is 0 Å². The van der Waals surface area contributed by atoms with Crippen LogP contribution in [0.25, 0.3) is 0 Å². The molecule has 96 valence electrons. The van der Waals surface area contributed by atoms with Gasteiger partial charge in [-0.3, -0.25) is 0 Å². The van der Waals surface area contributed by atoms with Gasteiger partial charge in [0.2, 0.25) is 0 Å². The Balaban J connectivity index is 2.12. The molecule has 1 N–H and O–H groups in total. The van der Waals surface area contributed by atoms with Crippen molar-refractivity contribution in [3.05, 3.63) is 54.0 Å². The van der Waals surface area contributed by atoms with Crippen LogP contribution in [0, 0.1) is 0 Å². The maximum absolute atomic E-state index is 5.13. The third-order valence-corrected chi connectivity index (χ3v) is 3.73. The highest BCUT2D eigenvalue weighted by Gasteiger charge is 2.11. The van der Waals surface area contributed by atoms with Crippen LogP contribution in [-0.2, 0) is 6.42 Å². The van der Waals surface area contributed by atoms with Gasteiger partial charge in [-0.1, -0.05) is 19.1 Å². The molecule has 18 heavy (non-hydrogen) atoms. The van der Waals surface area contributed by atoms with Crippen LogP contribution >= 0.6 is 11.8 Å². The fourth-order valence-corrected chi connectivity index (χ4v) is 2.44. The van der Waals surface area contributed by atoms with Crippen molar-refractivity contribution < 1.29 is 4.42 Å². The summed E-state index contributed by atoms with van der Waals surface area (Å²) in [5.41, 5.74) is 2.56. The van der Waals surface area contributed by atoms with E-state index in [1.807, 2.05) is 12.3 Å². The van der Waals surface area contributed by atoms with E-state index in [1.165, 1.54) is 16.0 Å². The Morgan fingerprint density at radius 1 is 1.22 bits per heavy atom. The van der Waals surface area contributed by atoms with E-state index >= 15 is 0 Å². The Morgan fingerprint density at radius 3 is 2.56 bits per heavy atom. The Bertz CT molecular complexity index is 450. The van der Waals surface area contributed by atoms with Gasteiger partial charge >= 0.3 is 0 Å². The lowest BCUT2D eigenvalue weighted by Gasteiger charge is -2.18. The van der Waals surface area contributed by atoms with E-state index in [2.05, 4.69) is 42.8 Å². The number of hydrogen-bond donors (Lipinski definition) is 1. The number of rotatable bonds is 6. The smallest absolute Gasteiger partial charge is 0.0935 e. The summed E-state index contributed by atoms with van der Waals surface area (Å²) in [7, 11) is 0. The van der Waals surface area contributed by atoms with Crippen molar-refractivity contribution in [2.45, 2.75) is 24.3 Å². The van der Waals surface area contributed by atoms with Gasteiger partial charge in [-0.25, -0.2) is 0 Å². The second-order valence-corrected chi connectivity index (χ2v) is 5.10. The summed E-state index contributed by atoms with van der Waals surface area (Å²) >= 11 is 1.77. The van der Waals surface area contributed by atoms with Crippen LogP contribution in [0.4, 0.5) is 0 Å². The van der Waals surface area contributed by atoms with E-state index in [0.29, 0.717) is 6.04 Å². The van der Waals surface area contributed by atoms with E-state index in [1.54, 1.807) is 18.0 Å². The monoisotopic (exact) mass is 261 g/mol. The molecule has 1 aromatic heterocycles. The van der Waals surface area contributed by atoms with Gasteiger partial charge in [-0.2, -0.15) is 0 Å². The molecule has 1 atom stereocenters. The van der Waals surface area contributed by atoms with Crippen LogP contribution in [0.1, 0.15) is 24.1 Å². The van der Waals surface area contributed by atoms with Crippen molar-refractivity contribution in [2.75, 3.05) is 12.8 Å². The highest BCUT2D eigenvalue weighted by Crippen LogP contribution is 2.22. The number of thioether (sulfide) groups is 1. The quantitative estimate of drug-likeness (QED) is 0.798. The average molecular weight is 261 g/mol. The molecule has 0 aliphatic rings. The molecule has 0 fully saturated rings. The minimum atomic E-state index is 0.350. The first-order chi connectivity index (χ1) is 8.83. The van der Waals surface area contributed by atoms with E-state index in [-0.39, 0.29) is 0 Å². The molecule has 2 rings (SSSR count). The predicted molar refractivity (Wildman–Crippen MR) is 77.1 cm³/mol. The maximum atomic E-state index is 5.13. The van der Waals surface area contributed by atoms with Crippen LogP contribution in [0.3, 0.4) is 0 Å². The van der Waals surface area contributed by atoms with Gasteiger partial charge in [0.25, 0.3) is 0 Å². The first-order valence-corrected chi connectivity index (χ1v) is 7.44. The highest BCUT2D eigenvalue weighted by molar-refractivity contribution is 7.98. The van der Waals surface area contributed by atoms with Gasteiger partial charge in [-0.15, -0.1) is 11.8 Å². The van der Waals surface area contributed by atoms with Crippen LogP contribution in [-0.4, -0.2) is 12.8 Å². The SMILES string of the molecule is CCNC(Cc1ccoc1)c1ccc(SC)cc1. The molecule has 0 aliphatic carbocycles. The molecular formula is C15H19NOS. The summed E-state index contributed by atoms with van der Waals surface area (Å²) in [6.45, 7) is 3.10. The molecule has 1 aromatic carbocycles. The molecule has 1 heterocycles. The van der Waals surface area contributed by atoms with E-state index in [0.717, 1.165) is 13.0 Å². The molecule has 0 amide bonds. The van der Waals surface area contributed by atoms with E-state index in [4.69, 9.17) is 4.42 Å². The normalized spacial score (nSPS) is 12.6. The highest BCUT2D eigenvalue weighted by atomic mass is 32.2. The maximum Gasteiger partial charge on any atom is 0.0935 e. The second kappa shape index (κ2) is 6.66. The van der Waals surface area contributed by atoms with E-state index < -0.39 is 0 Å². The Morgan fingerprint density at radius 2 is 2.00 bits per heavy atom. The molecule has 0 saturated carbocycles. The first-order valence-electron chi connectivity index (χ1n) is 6.22. The van der Waals surface area contributed by atoms with Crippen molar-refractivity contribution in [1.82, 2.24) is 5.32 Å². The molecular weight excluding hydrogens is 242 g/mol. The number of benzene rings is 1. The number of nitrogens with one attached hydrogen (secondary N) is 1. The number of furan rings is 1. The summed E-state index contributed by atoms with van der Waals surface area (Å²) < 4.78 is 5.13. The molecule has 0 aliphatic heterocycles. The Kier molecular flexibility index (Phi) is 4.90. The van der Waals surface area contributed by atoms with Crippen LogP contribution in [0.5, 0.6) is 0 Å². The second-order valence-electron chi connectivity index (χ2n) is 4.22. The van der Waals surface area contributed by atoms with Crippen molar-refractivity contribution in [3.63, 3.8) is 0 Å². The Labute approximate surface area is 113 Å². The van der Waals surface area contributed by atoms with Crippen molar-refractivity contribution in [2.24, 2.45) is 0 Å². The molecule has 2 aromatic rings. The minimum Gasteiger partial charge on any atom is -0.472 e. The van der Waals surface area contributed by atoms with Crippen molar-refractivity contribution in [1.29, 1.82) is 0 Å². The molecule has 0 spiro atoms. The standard InChI is InChI=1S/C15H19NOS/c1-3-16-15(10-12-8-9-17-11-12)13-4-6-14(18-2)7-5-13/h4-9,11,15-16H,3,10H2,1-2H3. The molecule has 3 heteroatoms. The van der Waals surface area contributed by atoms with Crippen LogP contribution in [0.15, 0.2) is 52.2 Å². The predicted octanol–water partition coefficient (Wildman–Crippen LogP) is 3.89. The Hall–Kier alpha value is -1.19. The van der Waals surface area contributed by atoms with Gasteiger partial charge < -0.3 is 9.73 Å². The summed E-state index contributed by atoms with van der Waals surface area (Å²) in [6, 6.07) is 11.2. The largest absolute Gasteiger partial charge is 0.472 e. The molecule has 0 bridgehead atoms. The molecule has 0 saturated heterocycles. The fourth-order valence-electron chi connectivity index (χ4n) is 2.03. The third-order valence-electron chi connectivity index (χ3n) is 2.99. The first kappa shape index (κ1) is 13.2. The lowest BCUT2D eigenvalue weighted by atomic mass is 10.0. The van der Waals surface area contributed by atoms with Gasteiger partial charge in [0.1, 0.15) is 0 Å². The van der Waals surface area contributed by atoms with E-state index in [9.17, 15) is 0 Å². The molecule has 0 radical (unpaired) electrons. The number of likely N-dealkylation sites (N-methyl/N-ethyl adjacent to an activating group) is 1. The van der Waals surface area contributed by atoms with Crippen molar-refractivity contribution >= 4 is 11.8 Å². The zero-order valence-electron chi connectivity index (χ0n) is 10.8. The van der Waals surface area contributed by atoms with Crippen LogP contribution in [0.2, 0.25) is 0 Å². The molecule has 1 unspecified atom stereocenters. The van der Waals surface area contributed by atoms with Gasteiger partial charge in [0.15, 0.2) is 0 Å². The molecule has 2 nitrogen and oxygen atoms in total. The minimum absolute atomic E-state index is 0.350. The summed E-state index contributed by atoms with van der Waals surface area (Å²) in [6.07, 6.45) is 6.61. The topological polar surface area (TPSA) is 25.2 Å². The average Bonchev–Trinajstić information content (AvgIpc) is 2.91. The van der Waals surface area contributed by atoms with Crippen LogP contribution < -0.4 is 5.32 Å². The lowest BCUT2D eigenvalue weighted by molar-refractivity contribution is 0.534. The van der Waals surface area contributed by atoms with Gasteiger partial charge in [-0.05, 0) is 48.5 Å². The zero-order valence-corrected chi connectivity index (χ0v) is 11.7. The summed E-state index contributed by atoms with van der Waals surface area (Å²) in [4.78, 5) is 1.30. The fraction of sp³-hybridized carbons (Fsp3) is 0.333. The summed E-state index contributed by atoms with van der Waals surface area (Å²) in [5, 5.41) is 3.53. The third kappa shape index (κ3) is 3.40. The number of hydrogen-bond acceptors (Lipinski definition) is 3. The lowest BCUT2D eigenvalue weighted by Crippen LogP contribution is -2.22. The summed E-state index contributed by atoms with van der Waals surface area (Å²) in [5.74, 6) is 0.